The molecule has 0 spiro atoms. The minimum Gasteiger partial charge on any atom is -0.361 e. The van der Waals surface area contributed by atoms with Gasteiger partial charge in [-0.15, -0.1) is 0 Å². The van der Waals surface area contributed by atoms with Gasteiger partial charge in [-0.3, -0.25) is 4.79 Å². The maximum Gasteiger partial charge on any atom is 0.222 e. The Balaban J connectivity index is 1.98. The fraction of sp³-hybridized carbons (Fsp3) is 0.471. The molecule has 0 aliphatic rings. The number of hydrogen-bond acceptors (Lipinski definition) is 1. The van der Waals surface area contributed by atoms with Crippen molar-refractivity contribution in [3.8, 4) is 0 Å². The lowest BCUT2D eigenvalue weighted by atomic mass is 10.1. The van der Waals surface area contributed by atoms with E-state index >= 15 is 0 Å². The van der Waals surface area contributed by atoms with E-state index in [9.17, 15) is 4.79 Å². The van der Waals surface area contributed by atoms with Crippen molar-refractivity contribution in [1.29, 1.82) is 0 Å². The summed E-state index contributed by atoms with van der Waals surface area (Å²) in [6.45, 7) is 5.99. The lowest BCUT2D eigenvalue weighted by molar-refractivity contribution is -0.131. The van der Waals surface area contributed by atoms with Crippen molar-refractivity contribution in [2.24, 2.45) is 0 Å². The SMILES string of the molecule is CCCN(CCC)C(=O)CCc1c[nH]c2ccccc12. The molecule has 3 heteroatoms. The van der Waals surface area contributed by atoms with Gasteiger partial charge in [-0.1, -0.05) is 32.0 Å². The third-order valence-corrected chi connectivity index (χ3v) is 3.62. The quantitative estimate of drug-likeness (QED) is 0.818. The number of rotatable bonds is 7. The molecular weight excluding hydrogens is 248 g/mol. The van der Waals surface area contributed by atoms with Crippen molar-refractivity contribution in [2.45, 2.75) is 39.5 Å². The van der Waals surface area contributed by atoms with E-state index in [1.807, 2.05) is 23.2 Å². The van der Waals surface area contributed by atoms with Crippen LogP contribution in [-0.4, -0.2) is 28.9 Å². The summed E-state index contributed by atoms with van der Waals surface area (Å²) in [6, 6.07) is 8.25. The Bertz CT molecular complexity index is 553. The molecule has 1 N–H and O–H groups in total. The van der Waals surface area contributed by atoms with Gasteiger partial charge in [0.15, 0.2) is 0 Å². The molecule has 0 aliphatic carbocycles. The van der Waals surface area contributed by atoms with Gasteiger partial charge in [0.1, 0.15) is 0 Å². The first-order valence-corrected chi connectivity index (χ1v) is 7.59. The van der Waals surface area contributed by atoms with E-state index in [0.717, 1.165) is 37.9 Å². The lowest BCUT2D eigenvalue weighted by Gasteiger charge is -2.21. The Morgan fingerprint density at radius 2 is 1.85 bits per heavy atom. The standard InChI is InChI=1S/C17H24N2O/c1-3-11-19(12-4-2)17(20)10-9-14-13-18-16-8-6-5-7-15(14)16/h5-8,13,18H,3-4,9-12H2,1-2H3. The van der Waals surface area contributed by atoms with Crippen LogP contribution < -0.4 is 0 Å². The van der Waals surface area contributed by atoms with Gasteiger partial charge in [0, 0.05) is 36.6 Å². The van der Waals surface area contributed by atoms with Crippen LogP contribution in [-0.2, 0) is 11.2 Å². The number of hydrogen-bond donors (Lipinski definition) is 1. The molecule has 0 atom stereocenters. The topological polar surface area (TPSA) is 36.1 Å². The second kappa shape index (κ2) is 7.13. The Labute approximate surface area is 121 Å². The van der Waals surface area contributed by atoms with Crippen LogP contribution in [0.1, 0.15) is 38.7 Å². The maximum absolute atomic E-state index is 12.3. The zero-order valence-corrected chi connectivity index (χ0v) is 12.5. The number of nitrogens with zero attached hydrogens (tertiary/aromatic N) is 1. The third kappa shape index (κ3) is 3.41. The fourth-order valence-corrected chi connectivity index (χ4v) is 2.64. The highest BCUT2D eigenvalue weighted by Gasteiger charge is 2.12. The van der Waals surface area contributed by atoms with E-state index in [2.05, 4.69) is 31.0 Å². The molecule has 1 heterocycles. The van der Waals surface area contributed by atoms with Crippen molar-refractivity contribution >= 4 is 16.8 Å². The average molecular weight is 272 g/mol. The number of aromatic amines is 1. The molecule has 2 aromatic rings. The molecule has 0 radical (unpaired) electrons. The van der Waals surface area contributed by atoms with Crippen LogP contribution in [0.25, 0.3) is 10.9 Å². The molecule has 0 bridgehead atoms. The van der Waals surface area contributed by atoms with Crippen molar-refractivity contribution in [1.82, 2.24) is 9.88 Å². The van der Waals surface area contributed by atoms with Crippen molar-refractivity contribution in [3.05, 3.63) is 36.0 Å². The lowest BCUT2D eigenvalue weighted by Crippen LogP contribution is -2.32. The number of para-hydroxylation sites is 1. The van der Waals surface area contributed by atoms with Crippen LogP contribution in [0.2, 0.25) is 0 Å². The molecule has 3 nitrogen and oxygen atoms in total. The monoisotopic (exact) mass is 272 g/mol. The Morgan fingerprint density at radius 1 is 1.15 bits per heavy atom. The zero-order chi connectivity index (χ0) is 14.4. The predicted molar refractivity (Wildman–Crippen MR) is 83.8 cm³/mol. The van der Waals surface area contributed by atoms with Gasteiger partial charge >= 0.3 is 0 Å². The van der Waals surface area contributed by atoms with Gasteiger partial charge in [0.25, 0.3) is 0 Å². The van der Waals surface area contributed by atoms with Crippen LogP contribution in [0, 0.1) is 0 Å². The van der Waals surface area contributed by atoms with E-state index in [0.29, 0.717) is 6.42 Å². The molecule has 20 heavy (non-hydrogen) atoms. The Morgan fingerprint density at radius 3 is 2.55 bits per heavy atom. The van der Waals surface area contributed by atoms with E-state index in [1.54, 1.807) is 0 Å². The number of H-pyrrole nitrogens is 1. The Kier molecular flexibility index (Phi) is 5.22. The van der Waals surface area contributed by atoms with Crippen LogP contribution in [0.4, 0.5) is 0 Å². The molecule has 1 aromatic carbocycles. The summed E-state index contributed by atoms with van der Waals surface area (Å²) in [5.74, 6) is 0.277. The number of carbonyl (C=O) groups excluding carboxylic acids is 1. The molecule has 1 aromatic heterocycles. The molecule has 1 amide bonds. The molecule has 2 rings (SSSR count). The summed E-state index contributed by atoms with van der Waals surface area (Å²) in [5, 5.41) is 1.23. The first-order chi connectivity index (χ1) is 9.76. The number of aryl methyl sites for hydroxylation is 1. The van der Waals surface area contributed by atoms with Crippen molar-refractivity contribution in [2.75, 3.05) is 13.1 Å². The van der Waals surface area contributed by atoms with Crippen LogP contribution in [0.3, 0.4) is 0 Å². The van der Waals surface area contributed by atoms with Gasteiger partial charge in [-0.2, -0.15) is 0 Å². The molecule has 0 aliphatic heterocycles. The number of amides is 1. The van der Waals surface area contributed by atoms with Crippen molar-refractivity contribution in [3.63, 3.8) is 0 Å². The van der Waals surface area contributed by atoms with Crippen LogP contribution >= 0.6 is 0 Å². The highest BCUT2D eigenvalue weighted by atomic mass is 16.2. The number of carbonyl (C=O) groups is 1. The minimum absolute atomic E-state index is 0.277. The van der Waals surface area contributed by atoms with Gasteiger partial charge in [-0.25, -0.2) is 0 Å². The van der Waals surface area contributed by atoms with Gasteiger partial charge in [0.05, 0.1) is 0 Å². The number of aromatic nitrogens is 1. The Hall–Kier alpha value is -1.77. The summed E-state index contributed by atoms with van der Waals surface area (Å²) < 4.78 is 0. The average Bonchev–Trinajstić information content (AvgIpc) is 2.88. The molecular formula is C17H24N2O. The highest BCUT2D eigenvalue weighted by Crippen LogP contribution is 2.19. The van der Waals surface area contributed by atoms with Gasteiger partial charge in [-0.05, 0) is 30.9 Å². The van der Waals surface area contributed by atoms with Gasteiger partial charge < -0.3 is 9.88 Å². The molecule has 0 unspecified atom stereocenters. The van der Waals surface area contributed by atoms with E-state index in [1.165, 1.54) is 10.9 Å². The maximum atomic E-state index is 12.3. The first kappa shape index (κ1) is 14.6. The molecule has 0 saturated carbocycles. The van der Waals surface area contributed by atoms with Crippen LogP contribution in [0.5, 0.6) is 0 Å². The summed E-state index contributed by atoms with van der Waals surface area (Å²) >= 11 is 0. The molecule has 108 valence electrons. The summed E-state index contributed by atoms with van der Waals surface area (Å²) in [4.78, 5) is 17.5. The summed E-state index contributed by atoms with van der Waals surface area (Å²) in [6.07, 6.45) is 5.49. The van der Waals surface area contributed by atoms with Gasteiger partial charge in [0.2, 0.25) is 5.91 Å². The number of nitrogens with one attached hydrogen (secondary N) is 1. The smallest absolute Gasteiger partial charge is 0.222 e. The largest absolute Gasteiger partial charge is 0.361 e. The summed E-state index contributed by atoms with van der Waals surface area (Å²) in [5.41, 5.74) is 2.39. The second-order valence-corrected chi connectivity index (χ2v) is 5.24. The molecule has 0 fully saturated rings. The zero-order valence-electron chi connectivity index (χ0n) is 12.5. The van der Waals surface area contributed by atoms with Crippen molar-refractivity contribution < 1.29 is 4.79 Å². The van der Waals surface area contributed by atoms with E-state index in [-0.39, 0.29) is 5.91 Å². The van der Waals surface area contributed by atoms with E-state index in [4.69, 9.17) is 0 Å². The third-order valence-electron chi connectivity index (χ3n) is 3.62. The minimum atomic E-state index is 0.277. The molecule has 0 saturated heterocycles. The highest BCUT2D eigenvalue weighted by molar-refractivity contribution is 5.84. The summed E-state index contributed by atoms with van der Waals surface area (Å²) in [7, 11) is 0. The van der Waals surface area contributed by atoms with E-state index < -0.39 is 0 Å². The number of fused-ring (bicyclic) bond motifs is 1. The predicted octanol–water partition coefficient (Wildman–Crippen LogP) is 3.75. The fourth-order valence-electron chi connectivity index (χ4n) is 2.64. The number of benzene rings is 1. The normalized spacial score (nSPS) is 10.9. The second-order valence-electron chi connectivity index (χ2n) is 5.24. The van der Waals surface area contributed by atoms with Crippen LogP contribution in [0.15, 0.2) is 30.5 Å². The first-order valence-electron chi connectivity index (χ1n) is 7.59.